The lowest BCUT2D eigenvalue weighted by Crippen LogP contribution is -2.64. The summed E-state index contributed by atoms with van der Waals surface area (Å²) in [6.45, 7) is 5.75. The van der Waals surface area contributed by atoms with E-state index in [1.807, 2.05) is 13.0 Å². The Morgan fingerprint density at radius 2 is 2.10 bits per heavy atom. The Kier molecular flexibility index (Phi) is 5.04. The molecule has 29 heavy (non-hydrogen) atoms. The SMILES string of the molecule is COC(=O)C1(C)CCCC2(COC(C)=O)C3Cc4occc4C(C)C3CC(O)C12. The number of hydrogen-bond donors (Lipinski definition) is 1. The molecule has 0 bridgehead atoms. The van der Waals surface area contributed by atoms with Crippen LogP contribution in [0.5, 0.6) is 0 Å². The fraction of sp³-hybridized carbons (Fsp3) is 0.739. The van der Waals surface area contributed by atoms with Crippen LogP contribution in [0.1, 0.15) is 63.7 Å². The number of hydrogen-bond acceptors (Lipinski definition) is 6. The van der Waals surface area contributed by atoms with E-state index in [1.165, 1.54) is 19.6 Å². The summed E-state index contributed by atoms with van der Waals surface area (Å²) in [7, 11) is 1.41. The topological polar surface area (TPSA) is 86.0 Å². The molecule has 7 atom stereocenters. The van der Waals surface area contributed by atoms with Gasteiger partial charge < -0.3 is 19.0 Å². The van der Waals surface area contributed by atoms with E-state index < -0.39 is 16.9 Å². The number of carbonyl (C=O) groups is 2. The number of aliphatic hydroxyl groups excluding tert-OH is 1. The molecule has 0 spiro atoms. The van der Waals surface area contributed by atoms with Gasteiger partial charge in [0, 0.05) is 24.7 Å². The Bertz CT molecular complexity index is 799. The number of fused-ring (bicyclic) bond motifs is 4. The molecule has 0 amide bonds. The van der Waals surface area contributed by atoms with Crippen LogP contribution in [0, 0.1) is 28.6 Å². The Morgan fingerprint density at radius 3 is 2.79 bits per heavy atom. The minimum atomic E-state index is -0.801. The van der Waals surface area contributed by atoms with Crippen LogP contribution in [0.3, 0.4) is 0 Å². The van der Waals surface area contributed by atoms with Crippen LogP contribution in [-0.4, -0.2) is 36.9 Å². The van der Waals surface area contributed by atoms with Crippen LogP contribution in [0.25, 0.3) is 0 Å². The van der Waals surface area contributed by atoms with Gasteiger partial charge in [-0.3, -0.25) is 9.59 Å². The number of aliphatic hydroxyl groups is 1. The normalized spacial score (nSPS) is 40.9. The quantitative estimate of drug-likeness (QED) is 0.777. The van der Waals surface area contributed by atoms with Gasteiger partial charge >= 0.3 is 11.9 Å². The van der Waals surface area contributed by atoms with Gasteiger partial charge in [0.1, 0.15) is 5.76 Å². The number of esters is 2. The Balaban J connectivity index is 1.83. The summed E-state index contributed by atoms with van der Waals surface area (Å²) in [5, 5.41) is 11.4. The molecule has 2 saturated carbocycles. The van der Waals surface area contributed by atoms with E-state index in [2.05, 4.69) is 6.92 Å². The molecule has 7 unspecified atom stereocenters. The van der Waals surface area contributed by atoms with Crippen LogP contribution in [0.15, 0.2) is 16.7 Å². The van der Waals surface area contributed by atoms with Crippen molar-refractivity contribution >= 4 is 11.9 Å². The van der Waals surface area contributed by atoms with Crippen molar-refractivity contribution in [2.45, 2.75) is 64.9 Å². The van der Waals surface area contributed by atoms with Crippen LogP contribution in [-0.2, 0) is 25.5 Å². The first-order valence-corrected chi connectivity index (χ1v) is 10.7. The Hall–Kier alpha value is -1.82. The summed E-state index contributed by atoms with van der Waals surface area (Å²) in [5.74, 6) is 0.729. The van der Waals surface area contributed by atoms with Crippen LogP contribution < -0.4 is 0 Å². The lowest BCUT2D eigenvalue weighted by molar-refractivity contribution is -0.213. The molecular formula is C23H32O6. The van der Waals surface area contributed by atoms with E-state index >= 15 is 0 Å². The van der Waals surface area contributed by atoms with E-state index in [1.54, 1.807) is 6.26 Å². The minimum Gasteiger partial charge on any atom is -0.469 e. The summed E-state index contributed by atoms with van der Waals surface area (Å²) in [5.41, 5.74) is -0.0657. The fourth-order valence-electron chi connectivity index (χ4n) is 7.19. The van der Waals surface area contributed by atoms with E-state index in [0.717, 1.165) is 25.0 Å². The molecule has 4 rings (SSSR count). The molecule has 6 nitrogen and oxygen atoms in total. The van der Waals surface area contributed by atoms with Gasteiger partial charge in [-0.15, -0.1) is 0 Å². The summed E-state index contributed by atoms with van der Waals surface area (Å²) >= 11 is 0. The van der Waals surface area contributed by atoms with Gasteiger partial charge in [0.15, 0.2) is 0 Å². The highest BCUT2D eigenvalue weighted by Gasteiger charge is 2.66. The van der Waals surface area contributed by atoms with Gasteiger partial charge in [0.2, 0.25) is 0 Å². The molecule has 2 fully saturated rings. The minimum absolute atomic E-state index is 0.174. The van der Waals surface area contributed by atoms with Crippen LogP contribution in [0.4, 0.5) is 0 Å². The lowest BCUT2D eigenvalue weighted by Gasteiger charge is -2.62. The van der Waals surface area contributed by atoms with Crippen molar-refractivity contribution in [3.05, 3.63) is 23.7 Å². The first-order chi connectivity index (χ1) is 13.7. The summed E-state index contributed by atoms with van der Waals surface area (Å²) in [6.07, 6.45) is 4.80. The predicted octanol–water partition coefficient (Wildman–Crippen LogP) is 3.47. The van der Waals surface area contributed by atoms with Gasteiger partial charge in [-0.25, -0.2) is 0 Å². The highest BCUT2D eigenvalue weighted by Crippen LogP contribution is 2.65. The monoisotopic (exact) mass is 404 g/mol. The van der Waals surface area contributed by atoms with Crippen molar-refractivity contribution in [2.24, 2.45) is 28.6 Å². The molecule has 6 heteroatoms. The molecule has 0 aliphatic heterocycles. The van der Waals surface area contributed by atoms with Crippen LogP contribution in [0.2, 0.25) is 0 Å². The van der Waals surface area contributed by atoms with Gasteiger partial charge in [0.05, 0.1) is 31.5 Å². The molecule has 1 aromatic rings. The molecule has 160 valence electrons. The molecule has 0 saturated heterocycles. The maximum atomic E-state index is 12.9. The number of methoxy groups -OCH3 is 1. The highest BCUT2D eigenvalue weighted by molar-refractivity contribution is 5.77. The summed E-state index contributed by atoms with van der Waals surface area (Å²) < 4.78 is 16.6. The molecule has 1 aromatic heterocycles. The number of carbonyl (C=O) groups excluding carboxylic acids is 2. The third-order valence-corrected chi connectivity index (χ3v) is 8.31. The number of furan rings is 1. The standard InChI is InChI=1S/C23H32O6/c1-13-15-6-9-28-19(15)11-17-16(13)10-18(25)20-22(3,21(26)27-4)7-5-8-23(17,20)12-29-14(2)24/h6,9,13,16-18,20,25H,5,7-8,10-12H2,1-4H3. The largest absolute Gasteiger partial charge is 0.469 e. The second-order valence-corrected chi connectivity index (χ2v) is 9.62. The average molecular weight is 405 g/mol. The third-order valence-electron chi connectivity index (χ3n) is 8.31. The molecule has 1 heterocycles. The molecule has 3 aliphatic carbocycles. The predicted molar refractivity (Wildman–Crippen MR) is 105 cm³/mol. The fourth-order valence-corrected chi connectivity index (χ4v) is 7.19. The smallest absolute Gasteiger partial charge is 0.311 e. The third kappa shape index (κ3) is 2.94. The zero-order chi connectivity index (χ0) is 21.0. The average Bonchev–Trinajstić information content (AvgIpc) is 3.16. The molecule has 0 radical (unpaired) electrons. The Labute approximate surface area is 171 Å². The second-order valence-electron chi connectivity index (χ2n) is 9.62. The van der Waals surface area contributed by atoms with Gasteiger partial charge in [-0.1, -0.05) is 13.3 Å². The first kappa shape index (κ1) is 20.5. The molecule has 1 N–H and O–H groups in total. The Morgan fingerprint density at radius 1 is 1.34 bits per heavy atom. The number of ether oxygens (including phenoxy) is 2. The van der Waals surface area contributed by atoms with Crippen molar-refractivity contribution in [1.82, 2.24) is 0 Å². The lowest BCUT2D eigenvalue weighted by atomic mass is 9.42. The van der Waals surface area contributed by atoms with Crippen molar-refractivity contribution < 1.29 is 28.6 Å². The van der Waals surface area contributed by atoms with E-state index in [0.29, 0.717) is 12.8 Å². The van der Waals surface area contributed by atoms with Gasteiger partial charge in [-0.2, -0.15) is 0 Å². The highest BCUT2D eigenvalue weighted by atomic mass is 16.5. The van der Waals surface area contributed by atoms with Crippen molar-refractivity contribution in [1.29, 1.82) is 0 Å². The number of rotatable bonds is 3. The van der Waals surface area contributed by atoms with Crippen molar-refractivity contribution in [3.63, 3.8) is 0 Å². The maximum Gasteiger partial charge on any atom is 0.311 e. The van der Waals surface area contributed by atoms with E-state index in [4.69, 9.17) is 13.9 Å². The molecule has 3 aliphatic rings. The first-order valence-electron chi connectivity index (χ1n) is 10.7. The summed E-state index contributed by atoms with van der Waals surface area (Å²) in [4.78, 5) is 24.7. The second kappa shape index (κ2) is 7.15. The summed E-state index contributed by atoms with van der Waals surface area (Å²) in [6, 6.07) is 2.03. The van der Waals surface area contributed by atoms with Gasteiger partial charge in [-0.05, 0) is 55.6 Å². The van der Waals surface area contributed by atoms with Crippen LogP contribution >= 0.6 is 0 Å². The molecular weight excluding hydrogens is 372 g/mol. The van der Waals surface area contributed by atoms with Gasteiger partial charge in [0.25, 0.3) is 0 Å². The zero-order valence-corrected chi connectivity index (χ0v) is 17.8. The van der Waals surface area contributed by atoms with Crippen molar-refractivity contribution in [3.8, 4) is 0 Å². The molecule has 0 aromatic carbocycles. The zero-order valence-electron chi connectivity index (χ0n) is 17.8. The van der Waals surface area contributed by atoms with Crippen molar-refractivity contribution in [2.75, 3.05) is 13.7 Å². The van der Waals surface area contributed by atoms with E-state index in [-0.39, 0.29) is 42.2 Å². The maximum absolute atomic E-state index is 12.9. The van der Waals surface area contributed by atoms with E-state index in [9.17, 15) is 14.7 Å².